The molecule has 0 aliphatic carbocycles. The fourth-order valence-electron chi connectivity index (χ4n) is 2.51. The Bertz CT molecular complexity index is 1180. The first kappa shape index (κ1) is 23.0. The number of ether oxygens (including phenoxy) is 2. The van der Waals surface area contributed by atoms with Crippen LogP contribution in [0.15, 0.2) is 65.1 Å². The number of benzene rings is 2. The summed E-state index contributed by atoms with van der Waals surface area (Å²) in [5.74, 6) is -1.82. The van der Waals surface area contributed by atoms with E-state index in [1.165, 1.54) is 18.4 Å². The number of nitrogens with one attached hydrogen (secondary N) is 2. The molecule has 3 rings (SSSR count). The molecule has 0 aliphatic rings. The summed E-state index contributed by atoms with van der Waals surface area (Å²) in [5.41, 5.74) is 3.49. The third kappa shape index (κ3) is 5.71. The molecule has 1 aromatic heterocycles. The number of amides is 2. The second kappa shape index (κ2) is 10.6. The molecule has 164 valence electrons. The highest BCUT2D eigenvalue weighted by atomic mass is 35.5. The molecule has 2 aromatic carbocycles. The SMILES string of the molecule is COc1cc(/C(C)=N/NC(=O)C(=O)Nc2ccccc2Cl)ccc1OC(=O)c1cccs1. The highest BCUT2D eigenvalue weighted by molar-refractivity contribution is 7.12. The van der Waals surface area contributed by atoms with Gasteiger partial charge < -0.3 is 14.8 Å². The van der Waals surface area contributed by atoms with Gasteiger partial charge in [0.15, 0.2) is 11.5 Å². The van der Waals surface area contributed by atoms with Gasteiger partial charge in [-0.1, -0.05) is 29.8 Å². The van der Waals surface area contributed by atoms with Crippen molar-refractivity contribution < 1.29 is 23.9 Å². The minimum atomic E-state index is -0.960. The van der Waals surface area contributed by atoms with Crippen molar-refractivity contribution >= 4 is 52.1 Å². The van der Waals surface area contributed by atoms with Crippen molar-refractivity contribution in [1.29, 1.82) is 0 Å². The summed E-state index contributed by atoms with van der Waals surface area (Å²) < 4.78 is 10.7. The van der Waals surface area contributed by atoms with Gasteiger partial charge >= 0.3 is 17.8 Å². The van der Waals surface area contributed by atoms with E-state index in [1.807, 2.05) is 0 Å². The monoisotopic (exact) mass is 471 g/mol. The number of para-hydroxylation sites is 1. The third-order valence-electron chi connectivity index (χ3n) is 4.16. The molecule has 0 atom stereocenters. The highest BCUT2D eigenvalue weighted by Gasteiger charge is 2.16. The van der Waals surface area contributed by atoms with Crippen LogP contribution < -0.4 is 20.2 Å². The first-order valence-corrected chi connectivity index (χ1v) is 10.5. The number of anilines is 1. The minimum absolute atomic E-state index is 0.241. The van der Waals surface area contributed by atoms with Gasteiger partial charge in [-0.25, -0.2) is 10.2 Å². The van der Waals surface area contributed by atoms with Crippen molar-refractivity contribution in [3.05, 3.63) is 75.4 Å². The van der Waals surface area contributed by atoms with E-state index in [2.05, 4.69) is 15.8 Å². The number of thiophene rings is 1. The van der Waals surface area contributed by atoms with Crippen molar-refractivity contribution in [1.82, 2.24) is 5.43 Å². The summed E-state index contributed by atoms with van der Waals surface area (Å²) in [5, 5.41) is 8.44. The minimum Gasteiger partial charge on any atom is -0.493 e. The fourth-order valence-corrected chi connectivity index (χ4v) is 3.30. The zero-order chi connectivity index (χ0) is 23.1. The second-order valence-electron chi connectivity index (χ2n) is 6.30. The van der Waals surface area contributed by atoms with Crippen LogP contribution in [-0.4, -0.2) is 30.6 Å². The van der Waals surface area contributed by atoms with E-state index >= 15 is 0 Å². The maximum absolute atomic E-state index is 12.2. The molecule has 10 heteroatoms. The third-order valence-corrected chi connectivity index (χ3v) is 5.34. The van der Waals surface area contributed by atoms with Gasteiger partial charge in [0.25, 0.3) is 0 Å². The number of hydrogen-bond acceptors (Lipinski definition) is 7. The molecule has 0 unspecified atom stereocenters. The van der Waals surface area contributed by atoms with Crippen LogP contribution in [0.3, 0.4) is 0 Å². The number of hydrazone groups is 1. The lowest BCUT2D eigenvalue weighted by atomic mass is 10.1. The molecular weight excluding hydrogens is 454 g/mol. The van der Waals surface area contributed by atoms with E-state index in [0.717, 1.165) is 0 Å². The van der Waals surface area contributed by atoms with Gasteiger partial charge in [0.05, 0.1) is 23.5 Å². The molecule has 2 N–H and O–H groups in total. The molecule has 2 amide bonds. The van der Waals surface area contributed by atoms with Crippen molar-refractivity contribution in [3.8, 4) is 11.5 Å². The number of nitrogens with zero attached hydrogens (tertiary/aromatic N) is 1. The van der Waals surface area contributed by atoms with Gasteiger partial charge in [-0.2, -0.15) is 5.10 Å². The Balaban J connectivity index is 1.66. The summed E-state index contributed by atoms with van der Waals surface area (Å²) in [6, 6.07) is 14.8. The van der Waals surface area contributed by atoms with Gasteiger partial charge in [-0.15, -0.1) is 11.3 Å². The first-order chi connectivity index (χ1) is 15.4. The number of carbonyl (C=O) groups excluding carboxylic acids is 3. The van der Waals surface area contributed by atoms with Crippen molar-refractivity contribution in [2.24, 2.45) is 5.10 Å². The summed E-state index contributed by atoms with van der Waals surface area (Å²) >= 11 is 7.24. The van der Waals surface area contributed by atoms with E-state index in [4.69, 9.17) is 21.1 Å². The largest absolute Gasteiger partial charge is 0.493 e. The first-order valence-electron chi connectivity index (χ1n) is 9.23. The lowest BCUT2D eigenvalue weighted by Gasteiger charge is -2.11. The van der Waals surface area contributed by atoms with Crippen LogP contribution in [0.25, 0.3) is 0 Å². The number of halogens is 1. The van der Waals surface area contributed by atoms with Crippen LogP contribution in [0.1, 0.15) is 22.2 Å². The van der Waals surface area contributed by atoms with Gasteiger partial charge in [-0.05, 0) is 48.7 Å². The topological polar surface area (TPSA) is 106 Å². The number of carbonyl (C=O) groups is 3. The molecule has 0 bridgehead atoms. The van der Waals surface area contributed by atoms with E-state index in [1.54, 1.807) is 66.9 Å². The normalized spacial score (nSPS) is 10.9. The lowest BCUT2D eigenvalue weighted by molar-refractivity contribution is -0.136. The summed E-state index contributed by atoms with van der Waals surface area (Å²) in [6.07, 6.45) is 0. The summed E-state index contributed by atoms with van der Waals surface area (Å²) in [6.45, 7) is 1.64. The average molecular weight is 472 g/mol. The summed E-state index contributed by atoms with van der Waals surface area (Å²) in [4.78, 5) is 36.7. The Morgan fingerprint density at radius 2 is 1.78 bits per heavy atom. The Hall–Kier alpha value is -3.69. The zero-order valence-corrected chi connectivity index (χ0v) is 18.6. The van der Waals surface area contributed by atoms with Crippen molar-refractivity contribution in [3.63, 3.8) is 0 Å². The van der Waals surface area contributed by atoms with Crippen LogP contribution in [-0.2, 0) is 9.59 Å². The van der Waals surface area contributed by atoms with Crippen LogP contribution in [0.4, 0.5) is 5.69 Å². The molecule has 1 heterocycles. The Labute approximate surface area is 192 Å². The average Bonchev–Trinajstić information content (AvgIpc) is 3.34. The van der Waals surface area contributed by atoms with E-state index in [9.17, 15) is 14.4 Å². The number of esters is 1. The molecule has 0 radical (unpaired) electrons. The molecular formula is C22H18ClN3O5S. The Morgan fingerprint density at radius 3 is 2.47 bits per heavy atom. The standard InChI is InChI=1S/C22H18ClN3O5S/c1-13(25-26-21(28)20(27)24-16-7-4-3-6-15(16)23)14-9-10-17(18(12-14)30-2)31-22(29)19-8-5-11-32-19/h3-12H,1-2H3,(H,24,27)(H,26,28)/b25-13+. The van der Waals surface area contributed by atoms with E-state index < -0.39 is 17.8 Å². The quantitative estimate of drug-likeness (QED) is 0.185. The Morgan fingerprint density at radius 1 is 1.00 bits per heavy atom. The summed E-state index contributed by atoms with van der Waals surface area (Å²) in [7, 11) is 1.44. The molecule has 32 heavy (non-hydrogen) atoms. The molecule has 0 saturated carbocycles. The number of rotatable bonds is 6. The van der Waals surface area contributed by atoms with E-state index in [-0.39, 0.29) is 5.75 Å². The second-order valence-corrected chi connectivity index (χ2v) is 7.66. The van der Waals surface area contributed by atoms with Crippen molar-refractivity contribution in [2.45, 2.75) is 6.92 Å². The molecule has 0 fully saturated rings. The number of methoxy groups -OCH3 is 1. The van der Waals surface area contributed by atoms with Crippen LogP contribution in [0, 0.1) is 0 Å². The van der Waals surface area contributed by atoms with Gasteiger partial charge in [0, 0.05) is 5.56 Å². The van der Waals surface area contributed by atoms with Crippen LogP contribution in [0.2, 0.25) is 5.02 Å². The fraction of sp³-hybridized carbons (Fsp3) is 0.0909. The molecule has 0 aliphatic heterocycles. The number of hydrogen-bond donors (Lipinski definition) is 2. The lowest BCUT2D eigenvalue weighted by Crippen LogP contribution is -2.33. The maximum Gasteiger partial charge on any atom is 0.353 e. The molecule has 8 nitrogen and oxygen atoms in total. The predicted octanol–water partition coefficient (Wildman–Crippen LogP) is 4.11. The van der Waals surface area contributed by atoms with E-state index in [0.29, 0.717) is 32.6 Å². The van der Waals surface area contributed by atoms with Gasteiger partial charge in [0.1, 0.15) is 4.88 Å². The maximum atomic E-state index is 12.2. The van der Waals surface area contributed by atoms with Crippen molar-refractivity contribution in [2.75, 3.05) is 12.4 Å². The van der Waals surface area contributed by atoms with Crippen LogP contribution in [0.5, 0.6) is 11.5 Å². The molecule has 3 aromatic rings. The van der Waals surface area contributed by atoms with Gasteiger partial charge in [-0.3, -0.25) is 9.59 Å². The smallest absolute Gasteiger partial charge is 0.353 e. The molecule has 0 spiro atoms. The Kier molecular flexibility index (Phi) is 7.58. The molecule has 0 saturated heterocycles. The highest BCUT2D eigenvalue weighted by Crippen LogP contribution is 2.29. The zero-order valence-electron chi connectivity index (χ0n) is 17.0. The van der Waals surface area contributed by atoms with Crippen LogP contribution >= 0.6 is 22.9 Å². The predicted molar refractivity (Wildman–Crippen MR) is 123 cm³/mol. The van der Waals surface area contributed by atoms with Gasteiger partial charge in [0.2, 0.25) is 0 Å².